The van der Waals surface area contributed by atoms with Crippen LogP contribution >= 0.6 is 11.6 Å². The Hall–Kier alpha value is -2.66. The minimum Gasteiger partial charge on any atom is -0.340 e. The van der Waals surface area contributed by atoms with E-state index in [0.29, 0.717) is 11.5 Å². The first-order valence-corrected chi connectivity index (χ1v) is 7.98. The van der Waals surface area contributed by atoms with Crippen molar-refractivity contribution in [3.8, 4) is 0 Å². The first kappa shape index (κ1) is 14.9. The molecule has 1 aliphatic heterocycles. The molecule has 6 heteroatoms. The molecule has 4 nitrogen and oxygen atoms in total. The van der Waals surface area contributed by atoms with Crippen LogP contribution in [0.15, 0.2) is 54.9 Å². The van der Waals surface area contributed by atoms with E-state index in [1.165, 1.54) is 29.7 Å². The number of rotatable bonds is 3. The summed E-state index contributed by atoms with van der Waals surface area (Å²) in [7, 11) is 0. The summed E-state index contributed by atoms with van der Waals surface area (Å²) in [6.45, 7) is 0.887. The zero-order chi connectivity index (χ0) is 16.5. The number of fused-ring (bicyclic) bond motifs is 1. The second-order valence-corrected chi connectivity index (χ2v) is 5.95. The highest BCUT2D eigenvalue weighted by molar-refractivity contribution is 6.31. The Balaban J connectivity index is 1.61. The number of aromatic nitrogens is 2. The highest BCUT2D eigenvalue weighted by Crippen LogP contribution is 2.34. The third kappa shape index (κ3) is 2.78. The Morgan fingerprint density at radius 2 is 1.96 bits per heavy atom. The van der Waals surface area contributed by atoms with Gasteiger partial charge in [0, 0.05) is 24.0 Å². The average Bonchev–Trinajstić information content (AvgIpc) is 3.03. The van der Waals surface area contributed by atoms with Crippen molar-refractivity contribution in [2.24, 2.45) is 0 Å². The molecule has 4 rings (SSSR count). The van der Waals surface area contributed by atoms with Crippen LogP contribution in [0.2, 0.25) is 5.02 Å². The molecule has 0 atom stereocenters. The molecule has 1 aromatic heterocycles. The molecule has 0 amide bonds. The van der Waals surface area contributed by atoms with Gasteiger partial charge in [0.05, 0.1) is 5.02 Å². The summed E-state index contributed by atoms with van der Waals surface area (Å²) in [6, 6.07) is 14.7. The predicted octanol–water partition coefficient (Wildman–Crippen LogP) is 4.71. The standard InChI is InChI=1S/C18H14ClFN4/c19-14-9-13(5-6-15(14)20)23-17-10-18(22-11-21-17)24-8-7-12-3-1-2-4-16(12)24/h1-6,9-11H,7-8H2,(H,21,22,23). The number of hydrogen-bond donors (Lipinski definition) is 1. The van der Waals surface area contributed by atoms with Gasteiger partial charge in [-0.15, -0.1) is 0 Å². The Kier molecular flexibility index (Phi) is 3.78. The molecule has 3 aromatic rings. The summed E-state index contributed by atoms with van der Waals surface area (Å²) in [4.78, 5) is 10.8. The predicted molar refractivity (Wildman–Crippen MR) is 93.9 cm³/mol. The summed E-state index contributed by atoms with van der Waals surface area (Å²) in [5, 5.41) is 3.20. The summed E-state index contributed by atoms with van der Waals surface area (Å²) in [5.41, 5.74) is 3.16. The fourth-order valence-electron chi connectivity index (χ4n) is 2.86. The lowest BCUT2D eigenvalue weighted by molar-refractivity contribution is 0.628. The normalized spacial score (nSPS) is 13.0. The number of benzene rings is 2. The minimum absolute atomic E-state index is 0.0720. The van der Waals surface area contributed by atoms with E-state index in [9.17, 15) is 4.39 Å². The number of anilines is 4. The SMILES string of the molecule is Fc1ccc(Nc2cc(N3CCc4ccccc43)ncn2)cc1Cl. The number of nitrogens with one attached hydrogen (secondary N) is 1. The van der Waals surface area contributed by atoms with Crippen LogP contribution in [0.1, 0.15) is 5.56 Å². The highest BCUT2D eigenvalue weighted by Gasteiger charge is 2.21. The molecule has 0 radical (unpaired) electrons. The summed E-state index contributed by atoms with van der Waals surface area (Å²) in [5.74, 6) is 1.01. The first-order valence-electron chi connectivity index (χ1n) is 7.60. The van der Waals surface area contributed by atoms with E-state index in [4.69, 9.17) is 11.6 Å². The van der Waals surface area contributed by atoms with E-state index in [1.54, 1.807) is 6.07 Å². The summed E-state index contributed by atoms with van der Waals surface area (Å²) in [6.07, 6.45) is 2.51. The molecule has 1 N–H and O–H groups in total. The Morgan fingerprint density at radius 1 is 1.08 bits per heavy atom. The Labute approximate surface area is 143 Å². The lowest BCUT2D eigenvalue weighted by atomic mass is 10.2. The highest BCUT2D eigenvalue weighted by atomic mass is 35.5. The van der Waals surface area contributed by atoms with Crippen LogP contribution in [0.25, 0.3) is 0 Å². The van der Waals surface area contributed by atoms with Gasteiger partial charge in [-0.2, -0.15) is 0 Å². The number of halogens is 2. The van der Waals surface area contributed by atoms with Gasteiger partial charge < -0.3 is 10.2 Å². The van der Waals surface area contributed by atoms with Crippen molar-refractivity contribution in [3.05, 3.63) is 71.3 Å². The molecule has 0 aliphatic carbocycles. The fraction of sp³-hybridized carbons (Fsp3) is 0.111. The maximum Gasteiger partial charge on any atom is 0.141 e. The molecular weight excluding hydrogens is 327 g/mol. The Bertz CT molecular complexity index is 900. The first-order chi connectivity index (χ1) is 11.7. The lowest BCUT2D eigenvalue weighted by Crippen LogP contribution is -2.15. The minimum atomic E-state index is -0.445. The van der Waals surface area contributed by atoms with Crippen molar-refractivity contribution < 1.29 is 4.39 Å². The fourth-order valence-corrected chi connectivity index (χ4v) is 3.04. The zero-order valence-corrected chi connectivity index (χ0v) is 13.5. The number of hydrogen-bond acceptors (Lipinski definition) is 4. The molecule has 120 valence electrons. The van der Waals surface area contributed by atoms with Gasteiger partial charge in [0.2, 0.25) is 0 Å². The van der Waals surface area contributed by atoms with Crippen LogP contribution in [0, 0.1) is 5.82 Å². The van der Waals surface area contributed by atoms with Gasteiger partial charge in [-0.05, 0) is 36.2 Å². The molecule has 0 spiro atoms. The molecule has 2 heterocycles. The van der Waals surface area contributed by atoms with Gasteiger partial charge in [0.15, 0.2) is 0 Å². The summed E-state index contributed by atoms with van der Waals surface area (Å²) < 4.78 is 13.3. The van der Waals surface area contributed by atoms with E-state index in [-0.39, 0.29) is 5.02 Å². The quantitative estimate of drug-likeness (QED) is 0.750. The average molecular weight is 341 g/mol. The van der Waals surface area contributed by atoms with E-state index in [2.05, 4.69) is 32.3 Å². The van der Waals surface area contributed by atoms with Gasteiger partial charge >= 0.3 is 0 Å². The van der Waals surface area contributed by atoms with Crippen molar-refractivity contribution in [1.29, 1.82) is 0 Å². The van der Waals surface area contributed by atoms with E-state index in [0.717, 1.165) is 18.8 Å². The van der Waals surface area contributed by atoms with Crippen LogP contribution in [-0.2, 0) is 6.42 Å². The molecule has 1 aliphatic rings. The second-order valence-electron chi connectivity index (χ2n) is 5.55. The van der Waals surface area contributed by atoms with Gasteiger partial charge in [-0.25, -0.2) is 14.4 Å². The van der Waals surface area contributed by atoms with E-state index in [1.807, 2.05) is 18.2 Å². The number of nitrogens with zero attached hydrogens (tertiary/aromatic N) is 3. The molecule has 0 saturated carbocycles. The smallest absolute Gasteiger partial charge is 0.141 e. The lowest BCUT2D eigenvalue weighted by Gasteiger charge is -2.18. The van der Waals surface area contributed by atoms with Crippen molar-refractivity contribution in [1.82, 2.24) is 9.97 Å². The molecule has 0 unspecified atom stereocenters. The van der Waals surface area contributed by atoms with Gasteiger partial charge in [0.25, 0.3) is 0 Å². The van der Waals surface area contributed by atoms with Gasteiger partial charge in [0.1, 0.15) is 23.8 Å². The monoisotopic (exact) mass is 340 g/mol. The van der Waals surface area contributed by atoms with Crippen molar-refractivity contribution in [2.45, 2.75) is 6.42 Å². The van der Waals surface area contributed by atoms with Gasteiger partial charge in [-0.1, -0.05) is 29.8 Å². The molecular formula is C18H14ClFN4. The molecule has 24 heavy (non-hydrogen) atoms. The zero-order valence-electron chi connectivity index (χ0n) is 12.7. The molecule has 2 aromatic carbocycles. The largest absolute Gasteiger partial charge is 0.340 e. The molecule has 0 bridgehead atoms. The van der Waals surface area contributed by atoms with Crippen LogP contribution in [0.5, 0.6) is 0 Å². The Morgan fingerprint density at radius 3 is 2.83 bits per heavy atom. The third-order valence-electron chi connectivity index (χ3n) is 4.01. The van der Waals surface area contributed by atoms with Crippen LogP contribution in [0.3, 0.4) is 0 Å². The van der Waals surface area contributed by atoms with Crippen LogP contribution in [0.4, 0.5) is 27.4 Å². The molecule has 0 fully saturated rings. The summed E-state index contributed by atoms with van der Waals surface area (Å²) >= 11 is 5.82. The topological polar surface area (TPSA) is 41.0 Å². The van der Waals surface area contributed by atoms with Crippen molar-refractivity contribution in [2.75, 3.05) is 16.8 Å². The van der Waals surface area contributed by atoms with Crippen molar-refractivity contribution in [3.63, 3.8) is 0 Å². The van der Waals surface area contributed by atoms with E-state index < -0.39 is 5.82 Å². The number of para-hydroxylation sites is 1. The van der Waals surface area contributed by atoms with E-state index >= 15 is 0 Å². The van der Waals surface area contributed by atoms with Crippen LogP contribution in [-0.4, -0.2) is 16.5 Å². The second kappa shape index (κ2) is 6.09. The van der Waals surface area contributed by atoms with Crippen LogP contribution < -0.4 is 10.2 Å². The third-order valence-corrected chi connectivity index (χ3v) is 4.30. The maximum atomic E-state index is 13.3. The molecule has 0 saturated heterocycles. The van der Waals surface area contributed by atoms with Gasteiger partial charge in [-0.3, -0.25) is 0 Å². The maximum absolute atomic E-state index is 13.3. The van der Waals surface area contributed by atoms with Crippen molar-refractivity contribution >= 4 is 34.6 Å².